The molecule has 0 aliphatic carbocycles. The number of ether oxygens (including phenoxy) is 2. The molecule has 154 valence electrons. The molecule has 3 amide bonds. The number of carbonyl (C=O) groups excluding carboxylic acids is 3. The number of nitrogens with zero attached hydrogens (tertiary/aromatic N) is 2. The summed E-state index contributed by atoms with van der Waals surface area (Å²) < 4.78 is 10.5. The van der Waals surface area contributed by atoms with Crippen LogP contribution in [0.15, 0.2) is 24.3 Å². The van der Waals surface area contributed by atoms with Crippen molar-refractivity contribution in [1.82, 2.24) is 9.80 Å². The Morgan fingerprint density at radius 3 is 2.17 bits per heavy atom. The van der Waals surface area contributed by atoms with E-state index in [1.54, 1.807) is 26.4 Å². The Hall–Kier alpha value is -2.83. The van der Waals surface area contributed by atoms with Crippen molar-refractivity contribution in [2.24, 2.45) is 0 Å². The van der Waals surface area contributed by atoms with Crippen molar-refractivity contribution in [3.8, 4) is 11.5 Å². The first-order valence-corrected chi connectivity index (χ1v) is 10.1. The fraction of sp³-hybridized carbons (Fsp3) is 0.500. The van der Waals surface area contributed by atoms with Crippen LogP contribution in [0.2, 0.25) is 0 Å². The van der Waals surface area contributed by atoms with Crippen LogP contribution in [-0.2, 0) is 14.4 Å². The minimum absolute atomic E-state index is 0.0233. The summed E-state index contributed by atoms with van der Waals surface area (Å²) in [4.78, 5) is 40.5. The fourth-order valence-corrected chi connectivity index (χ4v) is 4.93. The Morgan fingerprint density at radius 1 is 0.966 bits per heavy atom. The highest BCUT2D eigenvalue weighted by molar-refractivity contribution is 6.02. The summed E-state index contributed by atoms with van der Waals surface area (Å²) in [6, 6.07) is 5.62. The summed E-state index contributed by atoms with van der Waals surface area (Å²) in [5, 5.41) is 0. The number of fused-ring (bicyclic) bond motifs is 2. The first kappa shape index (κ1) is 19.5. The Balaban J connectivity index is 1.45. The van der Waals surface area contributed by atoms with Crippen LogP contribution < -0.4 is 9.47 Å². The Labute approximate surface area is 170 Å². The molecule has 2 unspecified atom stereocenters. The second kappa shape index (κ2) is 7.89. The van der Waals surface area contributed by atoms with E-state index in [1.165, 1.54) is 4.90 Å². The van der Waals surface area contributed by atoms with Crippen LogP contribution >= 0.6 is 0 Å². The molecule has 0 spiro atoms. The minimum Gasteiger partial charge on any atom is -0.493 e. The second-order valence-corrected chi connectivity index (χ2v) is 7.86. The lowest BCUT2D eigenvalue weighted by Crippen LogP contribution is -2.53. The Bertz CT molecular complexity index is 835. The van der Waals surface area contributed by atoms with E-state index in [9.17, 15) is 14.4 Å². The largest absolute Gasteiger partial charge is 0.493 e. The van der Waals surface area contributed by atoms with Crippen LogP contribution in [0.4, 0.5) is 0 Å². The van der Waals surface area contributed by atoms with Gasteiger partial charge in [0.05, 0.1) is 14.2 Å². The number of carbonyl (C=O) groups is 3. The van der Waals surface area contributed by atoms with Crippen LogP contribution in [0.3, 0.4) is 0 Å². The summed E-state index contributed by atoms with van der Waals surface area (Å²) >= 11 is 0. The molecule has 0 aromatic heterocycles. The molecule has 0 N–H and O–H groups in total. The number of imide groups is 1. The van der Waals surface area contributed by atoms with Crippen LogP contribution in [-0.4, -0.2) is 59.9 Å². The van der Waals surface area contributed by atoms with E-state index in [1.807, 2.05) is 23.1 Å². The molecular weight excluding hydrogens is 372 g/mol. The van der Waals surface area contributed by atoms with Crippen LogP contribution in [0.25, 0.3) is 6.08 Å². The average Bonchev–Trinajstić information content (AvgIpc) is 3.20. The van der Waals surface area contributed by atoms with Gasteiger partial charge in [-0.1, -0.05) is 6.07 Å². The molecule has 3 fully saturated rings. The molecule has 29 heavy (non-hydrogen) atoms. The molecule has 7 heteroatoms. The summed E-state index contributed by atoms with van der Waals surface area (Å²) in [5.41, 5.74) is 0.853. The molecular formula is C22H26N2O5. The third-order valence-electron chi connectivity index (χ3n) is 6.24. The van der Waals surface area contributed by atoms with E-state index in [2.05, 4.69) is 0 Å². The molecule has 3 saturated heterocycles. The molecule has 7 nitrogen and oxygen atoms in total. The summed E-state index contributed by atoms with van der Waals surface area (Å²) in [6.07, 6.45) is 7.24. The number of amides is 3. The van der Waals surface area contributed by atoms with Gasteiger partial charge in [-0.25, -0.2) is 0 Å². The molecule has 2 bridgehead atoms. The number of hydrogen-bond acceptors (Lipinski definition) is 5. The van der Waals surface area contributed by atoms with Crippen molar-refractivity contribution < 1.29 is 23.9 Å². The third-order valence-corrected chi connectivity index (χ3v) is 6.24. The van der Waals surface area contributed by atoms with Gasteiger partial charge in [-0.05, 0) is 49.5 Å². The van der Waals surface area contributed by atoms with Gasteiger partial charge in [0.25, 0.3) is 0 Å². The van der Waals surface area contributed by atoms with E-state index >= 15 is 0 Å². The SMILES string of the molecule is COc1ccc(/C=C/C(=O)N2C3CCC2CC(N2C(=O)CCC2=O)C3)cc1OC. The Kier molecular flexibility index (Phi) is 5.30. The zero-order valence-electron chi connectivity index (χ0n) is 16.8. The van der Waals surface area contributed by atoms with Gasteiger partial charge in [-0.15, -0.1) is 0 Å². The maximum Gasteiger partial charge on any atom is 0.247 e. The van der Waals surface area contributed by atoms with Crippen molar-refractivity contribution in [3.63, 3.8) is 0 Å². The maximum atomic E-state index is 12.9. The summed E-state index contributed by atoms with van der Waals surface area (Å²) in [7, 11) is 3.16. The smallest absolute Gasteiger partial charge is 0.247 e. The molecule has 1 aromatic rings. The quantitative estimate of drug-likeness (QED) is 0.562. The molecule has 1 aromatic carbocycles. The van der Waals surface area contributed by atoms with Crippen LogP contribution in [0.5, 0.6) is 11.5 Å². The van der Waals surface area contributed by atoms with Crippen molar-refractivity contribution in [2.75, 3.05) is 14.2 Å². The Morgan fingerprint density at radius 2 is 1.59 bits per heavy atom. The van der Waals surface area contributed by atoms with Crippen molar-refractivity contribution in [2.45, 2.75) is 56.7 Å². The molecule has 2 atom stereocenters. The van der Waals surface area contributed by atoms with E-state index in [-0.39, 0.29) is 35.8 Å². The van der Waals surface area contributed by atoms with E-state index in [0.29, 0.717) is 37.2 Å². The van der Waals surface area contributed by atoms with E-state index < -0.39 is 0 Å². The monoisotopic (exact) mass is 398 g/mol. The summed E-state index contributed by atoms with van der Waals surface area (Å²) in [5.74, 6) is 1.11. The van der Waals surface area contributed by atoms with Gasteiger partial charge in [0.15, 0.2) is 11.5 Å². The molecule has 0 radical (unpaired) electrons. The highest BCUT2D eigenvalue weighted by Gasteiger charge is 2.47. The van der Waals surface area contributed by atoms with E-state index in [0.717, 1.165) is 18.4 Å². The van der Waals surface area contributed by atoms with Crippen LogP contribution in [0.1, 0.15) is 44.1 Å². The fourth-order valence-electron chi connectivity index (χ4n) is 4.93. The predicted octanol–water partition coefficient (Wildman–Crippen LogP) is 2.39. The van der Waals surface area contributed by atoms with Gasteiger partial charge in [-0.2, -0.15) is 0 Å². The zero-order chi connectivity index (χ0) is 20.5. The minimum atomic E-state index is -0.0625. The number of methoxy groups -OCH3 is 2. The number of rotatable bonds is 5. The van der Waals surface area contributed by atoms with Gasteiger partial charge in [-0.3, -0.25) is 19.3 Å². The van der Waals surface area contributed by atoms with Gasteiger partial charge in [0, 0.05) is 37.0 Å². The highest BCUT2D eigenvalue weighted by Crippen LogP contribution is 2.39. The van der Waals surface area contributed by atoms with Gasteiger partial charge in [0.2, 0.25) is 17.7 Å². The zero-order valence-corrected chi connectivity index (χ0v) is 16.8. The van der Waals surface area contributed by atoms with Gasteiger partial charge in [0.1, 0.15) is 0 Å². The number of likely N-dealkylation sites (tertiary alicyclic amines) is 1. The average molecular weight is 398 g/mol. The van der Waals surface area contributed by atoms with Crippen molar-refractivity contribution in [1.29, 1.82) is 0 Å². The predicted molar refractivity (Wildman–Crippen MR) is 106 cm³/mol. The van der Waals surface area contributed by atoms with Gasteiger partial charge >= 0.3 is 0 Å². The molecule has 0 saturated carbocycles. The normalized spacial score (nSPS) is 26.5. The number of piperidine rings is 1. The first-order chi connectivity index (χ1) is 14.0. The van der Waals surface area contributed by atoms with Crippen molar-refractivity contribution in [3.05, 3.63) is 29.8 Å². The lowest BCUT2D eigenvalue weighted by Gasteiger charge is -2.41. The standard InChI is InChI=1S/C22H26N2O5/c1-28-18-7-3-14(11-19(18)29-2)4-8-20(25)23-15-5-6-16(23)13-17(12-15)24-21(26)9-10-22(24)27/h3-4,7-8,11,15-17H,5-6,9-10,12-13H2,1-2H3/b8-4+. The van der Waals surface area contributed by atoms with E-state index in [4.69, 9.17) is 9.47 Å². The number of hydrogen-bond donors (Lipinski definition) is 0. The molecule has 3 heterocycles. The molecule has 3 aliphatic rings. The van der Waals surface area contributed by atoms with Crippen LogP contribution in [0, 0.1) is 0 Å². The highest BCUT2D eigenvalue weighted by atomic mass is 16.5. The lowest BCUT2D eigenvalue weighted by atomic mass is 9.95. The van der Waals surface area contributed by atoms with Gasteiger partial charge < -0.3 is 14.4 Å². The topological polar surface area (TPSA) is 76.2 Å². The van der Waals surface area contributed by atoms with Crippen molar-refractivity contribution >= 4 is 23.8 Å². The second-order valence-electron chi connectivity index (χ2n) is 7.86. The maximum absolute atomic E-state index is 12.9. The first-order valence-electron chi connectivity index (χ1n) is 10.1. The molecule has 4 rings (SSSR count). The third kappa shape index (κ3) is 3.61. The summed E-state index contributed by atoms with van der Waals surface area (Å²) in [6.45, 7) is 0. The lowest BCUT2D eigenvalue weighted by molar-refractivity contribution is -0.143. The number of benzene rings is 1. The molecule has 3 aliphatic heterocycles.